The van der Waals surface area contributed by atoms with Crippen LogP contribution >= 0.6 is 0 Å². The Morgan fingerprint density at radius 3 is 2.52 bits per heavy atom. The minimum atomic E-state index is -0.673. The molecule has 0 radical (unpaired) electrons. The van der Waals surface area contributed by atoms with Crippen LogP contribution in [-0.2, 0) is 16.2 Å². The second kappa shape index (κ2) is 9.56. The van der Waals surface area contributed by atoms with Gasteiger partial charge in [-0.15, -0.1) is 5.10 Å². The average molecular weight is 447 g/mol. The molecule has 9 heteroatoms. The zero-order valence-electron chi connectivity index (χ0n) is 18.7. The molecule has 0 aliphatic carbocycles. The molecule has 2 amide bonds. The summed E-state index contributed by atoms with van der Waals surface area (Å²) in [4.78, 5) is 27.5. The number of esters is 1. The van der Waals surface area contributed by atoms with Crippen LogP contribution < -0.4 is 10.1 Å². The Kier molecular flexibility index (Phi) is 6.39. The summed E-state index contributed by atoms with van der Waals surface area (Å²) in [5, 5.41) is 11.2. The van der Waals surface area contributed by atoms with Gasteiger partial charge in [0.05, 0.1) is 31.5 Å². The SMILES string of the molecule is CCOC(=O)C1=C(C)NC(=O)N(Cn2cc(-c3ccccc3)nn2)C1c1ccc(OC)cc1. The molecule has 0 bridgehead atoms. The number of nitrogens with one attached hydrogen (secondary N) is 1. The lowest BCUT2D eigenvalue weighted by Crippen LogP contribution is -2.49. The fourth-order valence-electron chi connectivity index (χ4n) is 3.79. The Morgan fingerprint density at radius 1 is 1.12 bits per heavy atom. The van der Waals surface area contributed by atoms with Crippen LogP contribution in [0.5, 0.6) is 5.75 Å². The summed E-state index contributed by atoms with van der Waals surface area (Å²) in [7, 11) is 1.58. The van der Waals surface area contributed by atoms with Crippen molar-refractivity contribution in [3.8, 4) is 17.0 Å². The number of benzene rings is 2. The van der Waals surface area contributed by atoms with E-state index in [0.29, 0.717) is 22.7 Å². The lowest BCUT2D eigenvalue weighted by atomic mass is 9.94. The minimum absolute atomic E-state index is 0.0819. The number of carbonyl (C=O) groups excluding carboxylic acids is 2. The molecule has 2 heterocycles. The molecule has 1 N–H and O–H groups in total. The third-order valence-corrected chi connectivity index (χ3v) is 5.38. The fourth-order valence-corrected chi connectivity index (χ4v) is 3.79. The summed E-state index contributed by atoms with van der Waals surface area (Å²) in [5.74, 6) is 0.192. The minimum Gasteiger partial charge on any atom is -0.497 e. The zero-order valence-corrected chi connectivity index (χ0v) is 18.7. The number of rotatable bonds is 7. The van der Waals surface area contributed by atoms with E-state index in [1.165, 1.54) is 4.90 Å². The van der Waals surface area contributed by atoms with Crippen molar-refractivity contribution in [3.05, 3.63) is 77.6 Å². The molecule has 33 heavy (non-hydrogen) atoms. The highest BCUT2D eigenvalue weighted by Gasteiger charge is 2.38. The van der Waals surface area contributed by atoms with Crippen molar-refractivity contribution in [3.63, 3.8) is 0 Å². The van der Waals surface area contributed by atoms with E-state index in [9.17, 15) is 9.59 Å². The molecule has 4 rings (SSSR count). The van der Waals surface area contributed by atoms with Gasteiger partial charge in [-0.1, -0.05) is 47.7 Å². The molecule has 1 aromatic heterocycles. The van der Waals surface area contributed by atoms with Crippen LogP contribution in [0, 0.1) is 0 Å². The topological polar surface area (TPSA) is 98.6 Å². The Labute approximate surface area is 191 Å². The molecule has 0 spiro atoms. The van der Waals surface area contributed by atoms with Gasteiger partial charge in [-0.25, -0.2) is 14.3 Å². The highest BCUT2D eigenvalue weighted by atomic mass is 16.5. The monoisotopic (exact) mass is 447 g/mol. The Bertz CT molecular complexity index is 1170. The van der Waals surface area contributed by atoms with Crippen LogP contribution in [0.15, 0.2) is 72.1 Å². The maximum absolute atomic E-state index is 13.1. The number of hydrogen-bond donors (Lipinski definition) is 1. The van der Waals surface area contributed by atoms with Gasteiger partial charge in [0.1, 0.15) is 18.1 Å². The number of methoxy groups -OCH3 is 1. The van der Waals surface area contributed by atoms with Gasteiger partial charge in [0.25, 0.3) is 0 Å². The van der Waals surface area contributed by atoms with Gasteiger partial charge in [0.2, 0.25) is 0 Å². The van der Waals surface area contributed by atoms with Crippen molar-refractivity contribution < 1.29 is 19.1 Å². The van der Waals surface area contributed by atoms with E-state index < -0.39 is 12.0 Å². The molecule has 0 saturated heterocycles. The van der Waals surface area contributed by atoms with E-state index in [0.717, 1.165) is 11.1 Å². The second-order valence-electron chi connectivity index (χ2n) is 7.49. The summed E-state index contributed by atoms with van der Waals surface area (Å²) < 4.78 is 12.1. The Hall–Kier alpha value is -4.14. The number of aromatic nitrogens is 3. The number of amides is 2. The van der Waals surface area contributed by atoms with Gasteiger partial charge >= 0.3 is 12.0 Å². The highest BCUT2D eigenvalue weighted by molar-refractivity contribution is 5.95. The summed E-state index contributed by atoms with van der Waals surface area (Å²) in [6, 6.07) is 15.9. The normalized spacial score (nSPS) is 15.9. The van der Waals surface area contributed by atoms with Crippen LogP contribution in [0.4, 0.5) is 4.79 Å². The molecule has 2 aromatic carbocycles. The molecule has 3 aromatic rings. The third kappa shape index (κ3) is 4.57. The van der Waals surface area contributed by atoms with E-state index >= 15 is 0 Å². The quantitative estimate of drug-likeness (QED) is 0.557. The van der Waals surface area contributed by atoms with Gasteiger partial charge in [-0.2, -0.15) is 0 Å². The molecule has 1 aliphatic rings. The van der Waals surface area contributed by atoms with E-state index in [4.69, 9.17) is 9.47 Å². The molecule has 1 aliphatic heterocycles. The van der Waals surface area contributed by atoms with Gasteiger partial charge in [0, 0.05) is 11.3 Å². The smallest absolute Gasteiger partial charge is 0.338 e. The van der Waals surface area contributed by atoms with Crippen molar-refractivity contribution in [1.29, 1.82) is 0 Å². The zero-order chi connectivity index (χ0) is 23.4. The first-order valence-electron chi connectivity index (χ1n) is 10.6. The van der Waals surface area contributed by atoms with E-state index in [2.05, 4.69) is 15.6 Å². The highest BCUT2D eigenvalue weighted by Crippen LogP contribution is 2.35. The lowest BCUT2D eigenvalue weighted by Gasteiger charge is -2.37. The van der Waals surface area contributed by atoms with Gasteiger partial charge in [-0.05, 0) is 31.5 Å². The number of nitrogens with zero attached hydrogens (tertiary/aromatic N) is 4. The third-order valence-electron chi connectivity index (χ3n) is 5.38. The first-order valence-corrected chi connectivity index (χ1v) is 10.6. The van der Waals surface area contributed by atoms with Gasteiger partial charge in [-0.3, -0.25) is 4.90 Å². The molecule has 9 nitrogen and oxygen atoms in total. The van der Waals surface area contributed by atoms with Crippen LogP contribution in [-0.4, -0.2) is 45.6 Å². The van der Waals surface area contributed by atoms with Crippen LogP contribution in [0.25, 0.3) is 11.3 Å². The Morgan fingerprint density at radius 2 is 1.85 bits per heavy atom. The molecular weight excluding hydrogens is 422 g/mol. The van der Waals surface area contributed by atoms with Crippen LogP contribution in [0.3, 0.4) is 0 Å². The Balaban J connectivity index is 1.72. The first kappa shape index (κ1) is 22.1. The fraction of sp³-hybridized carbons (Fsp3) is 0.250. The van der Waals surface area contributed by atoms with Crippen molar-refractivity contribution in [2.75, 3.05) is 13.7 Å². The van der Waals surface area contributed by atoms with E-state index in [1.54, 1.807) is 44.0 Å². The van der Waals surface area contributed by atoms with Crippen molar-refractivity contribution in [2.24, 2.45) is 0 Å². The summed E-state index contributed by atoms with van der Waals surface area (Å²) in [6.07, 6.45) is 1.77. The molecule has 1 atom stereocenters. The molecule has 170 valence electrons. The largest absolute Gasteiger partial charge is 0.497 e. The van der Waals surface area contributed by atoms with Crippen molar-refractivity contribution in [1.82, 2.24) is 25.2 Å². The van der Waals surface area contributed by atoms with Crippen molar-refractivity contribution in [2.45, 2.75) is 26.6 Å². The number of carbonyl (C=O) groups is 2. The number of hydrogen-bond acceptors (Lipinski definition) is 6. The number of ether oxygens (including phenoxy) is 2. The van der Waals surface area contributed by atoms with E-state index in [-0.39, 0.29) is 19.3 Å². The van der Waals surface area contributed by atoms with E-state index in [1.807, 2.05) is 42.5 Å². The maximum atomic E-state index is 13.1. The molecule has 1 unspecified atom stereocenters. The predicted molar refractivity (Wildman–Crippen MR) is 121 cm³/mol. The molecule has 0 fully saturated rings. The van der Waals surface area contributed by atoms with Crippen LogP contribution in [0.1, 0.15) is 25.5 Å². The molecular formula is C24H25N5O4. The van der Waals surface area contributed by atoms with Gasteiger partial charge in [0.15, 0.2) is 0 Å². The standard InChI is InChI=1S/C24H25N5O4/c1-4-33-23(30)21-16(2)25-24(31)29(22(21)18-10-12-19(32-3)13-11-18)15-28-14-20(26-27-28)17-8-6-5-7-9-17/h5-14,22H,4,15H2,1-3H3,(H,25,31). The average Bonchev–Trinajstić information content (AvgIpc) is 3.30. The summed E-state index contributed by atoms with van der Waals surface area (Å²) in [5.41, 5.74) is 3.17. The van der Waals surface area contributed by atoms with Crippen molar-refractivity contribution >= 4 is 12.0 Å². The van der Waals surface area contributed by atoms with Gasteiger partial charge < -0.3 is 14.8 Å². The van der Waals surface area contributed by atoms with Crippen LogP contribution in [0.2, 0.25) is 0 Å². The lowest BCUT2D eigenvalue weighted by molar-refractivity contribution is -0.139. The molecule has 0 saturated carbocycles. The second-order valence-corrected chi connectivity index (χ2v) is 7.49. The summed E-state index contributed by atoms with van der Waals surface area (Å²) in [6.45, 7) is 3.75. The predicted octanol–water partition coefficient (Wildman–Crippen LogP) is 3.51. The number of allylic oxidation sites excluding steroid dienone is 1. The first-order chi connectivity index (χ1) is 16.0. The number of urea groups is 1. The summed E-state index contributed by atoms with van der Waals surface area (Å²) >= 11 is 0. The maximum Gasteiger partial charge on any atom is 0.338 e.